The van der Waals surface area contributed by atoms with Gasteiger partial charge in [0.1, 0.15) is 10.8 Å². The zero-order valence-electron chi connectivity index (χ0n) is 16.5. The highest BCUT2D eigenvalue weighted by atomic mass is 35.5. The third-order valence-corrected chi connectivity index (χ3v) is 8.11. The van der Waals surface area contributed by atoms with Crippen LogP contribution < -0.4 is 4.74 Å². The quantitative estimate of drug-likeness (QED) is 0.553. The Bertz CT molecular complexity index is 1110. The van der Waals surface area contributed by atoms with Crippen molar-refractivity contribution in [3.8, 4) is 16.3 Å². The predicted molar refractivity (Wildman–Crippen MR) is 120 cm³/mol. The van der Waals surface area contributed by atoms with Gasteiger partial charge in [0.25, 0.3) is 0 Å². The first-order chi connectivity index (χ1) is 14.5. The van der Waals surface area contributed by atoms with Crippen molar-refractivity contribution in [3.63, 3.8) is 0 Å². The van der Waals surface area contributed by atoms with E-state index in [1.54, 1.807) is 36.6 Å². The molecule has 1 aliphatic heterocycles. The summed E-state index contributed by atoms with van der Waals surface area (Å²) in [5.74, 6) is 0.820. The summed E-state index contributed by atoms with van der Waals surface area (Å²) in [6.45, 7) is 2.93. The Hall–Kier alpha value is -1.97. The van der Waals surface area contributed by atoms with Gasteiger partial charge in [0.15, 0.2) is 0 Å². The lowest BCUT2D eigenvalue weighted by molar-refractivity contribution is 0.180. The van der Waals surface area contributed by atoms with E-state index < -0.39 is 10.0 Å². The number of aromatic nitrogens is 1. The van der Waals surface area contributed by atoms with Crippen molar-refractivity contribution in [1.29, 1.82) is 0 Å². The average Bonchev–Trinajstić information content (AvgIpc) is 3.22. The van der Waals surface area contributed by atoms with Gasteiger partial charge < -0.3 is 4.74 Å². The number of nitrogens with zero attached hydrogens (tertiary/aromatic N) is 3. The van der Waals surface area contributed by atoms with E-state index in [0.717, 1.165) is 22.0 Å². The van der Waals surface area contributed by atoms with Gasteiger partial charge in [0.05, 0.1) is 17.7 Å². The molecule has 6 nitrogen and oxygen atoms in total. The van der Waals surface area contributed by atoms with Crippen LogP contribution in [0.1, 0.15) is 5.69 Å². The van der Waals surface area contributed by atoms with Crippen LogP contribution in [0.2, 0.25) is 5.02 Å². The molecule has 0 radical (unpaired) electrons. The molecule has 1 saturated heterocycles. The maximum atomic E-state index is 12.8. The highest BCUT2D eigenvalue weighted by molar-refractivity contribution is 7.89. The molecule has 0 atom stereocenters. The summed E-state index contributed by atoms with van der Waals surface area (Å²) in [5.41, 5.74) is 2.06. The van der Waals surface area contributed by atoms with Gasteiger partial charge in [-0.2, -0.15) is 4.31 Å². The van der Waals surface area contributed by atoms with Crippen LogP contribution in [0.15, 0.2) is 58.8 Å². The largest absolute Gasteiger partial charge is 0.497 e. The number of piperazine rings is 1. The lowest BCUT2D eigenvalue weighted by Gasteiger charge is -2.33. The van der Waals surface area contributed by atoms with Crippen molar-refractivity contribution in [2.75, 3.05) is 33.3 Å². The summed E-state index contributed by atoms with van der Waals surface area (Å²) < 4.78 is 32.4. The number of rotatable bonds is 6. The Labute approximate surface area is 185 Å². The Kier molecular flexibility index (Phi) is 6.40. The number of hydrogen-bond acceptors (Lipinski definition) is 6. The number of ether oxygens (including phenoxy) is 1. The van der Waals surface area contributed by atoms with Crippen molar-refractivity contribution in [3.05, 3.63) is 64.6 Å². The molecular formula is C21H22ClN3O3S2. The minimum Gasteiger partial charge on any atom is -0.497 e. The molecule has 2 heterocycles. The maximum absolute atomic E-state index is 12.8. The monoisotopic (exact) mass is 463 g/mol. The van der Waals surface area contributed by atoms with E-state index in [-0.39, 0.29) is 4.90 Å². The zero-order chi connectivity index (χ0) is 21.1. The smallest absolute Gasteiger partial charge is 0.243 e. The number of benzene rings is 2. The summed E-state index contributed by atoms with van der Waals surface area (Å²) in [7, 11) is -1.87. The van der Waals surface area contributed by atoms with Crippen LogP contribution in [0.25, 0.3) is 10.6 Å². The van der Waals surface area contributed by atoms with E-state index >= 15 is 0 Å². The van der Waals surface area contributed by atoms with Crippen LogP contribution in [-0.2, 0) is 16.6 Å². The molecule has 0 bridgehead atoms. The van der Waals surface area contributed by atoms with E-state index in [4.69, 9.17) is 21.3 Å². The number of halogens is 1. The highest BCUT2D eigenvalue weighted by Gasteiger charge is 2.28. The van der Waals surface area contributed by atoms with E-state index in [1.165, 1.54) is 10.4 Å². The molecule has 30 heavy (non-hydrogen) atoms. The first kappa shape index (κ1) is 21.3. The number of methoxy groups -OCH3 is 1. The normalized spacial score (nSPS) is 15.9. The van der Waals surface area contributed by atoms with Gasteiger partial charge in [0, 0.05) is 48.7 Å². The predicted octanol–water partition coefficient (Wildman–Crippen LogP) is 3.98. The Morgan fingerprint density at radius 2 is 1.83 bits per heavy atom. The second-order valence-corrected chi connectivity index (χ2v) is 10.2. The van der Waals surface area contributed by atoms with Crippen LogP contribution in [0.3, 0.4) is 0 Å². The second kappa shape index (κ2) is 9.03. The van der Waals surface area contributed by atoms with Gasteiger partial charge in [-0.15, -0.1) is 11.3 Å². The molecule has 4 rings (SSSR count). The van der Waals surface area contributed by atoms with Crippen LogP contribution in [0.5, 0.6) is 5.75 Å². The summed E-state index contributed by atoms with van der Waals surface area (Å²) in [6, 6.07) is 14.3. The fraction of sp³-hybridized carbons (Fsp3) is 0.286. The molecule has 2 aromatic carbocycles. The third-order valence-electron chi connectivity index (χ3n) is 5.04. The molecule has 0 amide bonds. The summed E-state index contributed by atoms with van der Waals surface area (Å²) in [5, 5.41) is 3.45. The molecule has 9 heteroatoms. The topological polar surface area (TPSA) is 62.7 Å². The van der Waals surface area contributed by atoms with Crippen molar-refractivity contribution in [1.82, 2.24) is 14.2 Å². The minimum atomic E-state index is -3.52. The summed E-state index contributed by atoms with van der Waals surface area (Å²) in [6.07, 6.45) is 0. The van der Waals surface area contributed by atoms with Gasteiger partial charge in [-0.25, -0.2) is 13.4 Å². The van der Waals surface area contributed by atoms with E-state index in [0.29, 0.717) is 37.7 Å². The Morgan fingerprint density at radius 3 is 2.50 bits per heavy atom. The molecule has 1 aliphatic rings. The van der Waals surface area contributed by atoms with Crippen molar-refractivity contribution in [2.45, 2.75) is 11.4 Å². The minimum absolute atomic E-state index is 0.243. The zero-order valence-corrected chi connectivity index (χ0v) is 18.9. The van der Waals surface area contributed by atoms with Crippen LogP contribution in [0.4, 0.5) is 0 Å². The first-order valence-electron chi connectivity index (χ1n) is 9.52. The van der Waals surface area contributed by atoms with Gasteiger partial charge >= 0.3 is 0 Å². The average molecular weight is 464 g/mol. The van der Waals surface area contributed by atoms with Crippen LogP contribution in [-0.4, -0.2) is 55.9 Å². The molecule has 0 saturated carbocycles. The lowest BCUT2D eigenvalue weighted by atomic mass is 10.2. The van der Waals surface area contributed by atoms with Gasteiger partial charge in [-0.1, -0.05) is 17.7 Å². The van der Waals surface area contributed by atoms with Gasteiger partial charge in [0.2, 0.25) is 10.0 Å². The van der Waals surface area contributed by atoms with E-state index in [9.17, 15) is 8.42 Å². The molecule has 3 aromatic rings. The molecule has 0 aliphatic carbocycles. The first-order valence-corrected chi connectivity index (χ1v) is 12.2. The van der Waals surface area contributed by atoms with Crippen LogP contribution >= 0.6 is 22.9 Å². The molecular weight excluding hydrogens is 442 g/mol. The maximum Gasteiger partial charge on any atom is 0.243 e. The van der Waals surface area contributed by atoms with Gasteiger partial charge in [-0.3, -0.25) is 4.90 Å². The number of thiazole rings is 1. The Balaban J connectivity index is 1.36. The fourth-order valence-electron chi connectivity index (χ4n) is 3.38. The molecule has 0 spiro atoms. The molecule has 158 valence electrons. The SMILES string of the molecule is COc1ccc(-c2nc(CN3CCN(S(=O)(=O)c4cccc(Cl)c4)CC3)cs2)cc1. The van der Waals surface area contributed by atoms with Crippen molar-refractivity contribution in [2.24, 2.45) is 0 Å². The Morgan fingerprint density at radius 1 is 1.10 bits per heavy atom. The molecule has 0 unspecified atom stereocenters. The molecule has 1 fully saturated rings. The lowest BCUT2D eigenvalue weighted by Crippen LogP contribution is -2.48. The third kappa shape index (κ3) is 4.68. The summed E-state index contributed by atoms with van der Waals surface area (Å²) >= 11 is 7.57. The highest BCUT2D eigenvalue weighted by Crippen LogP contribution is 2.27. The van der Waals surface area contributed by atoms with E-state index in [2.05, 4.69) is 10.3 Å². The second-order valence-electron chi connectivity index (χ2n) is 7.01. The number of sulfonamides is 1. The fourth-order valence-corrected chi connectivity index (χ4v) is 5.92. The van der Waals surface area contributed by atoms with Gasteiger partial charge in [-0.05, 0) is 42.5 Å². The van der Waals surface area contributed by atoms with Crippen LogP contribution in [0, 0.1) is 0 Å². The van der Waals surface area contributed by atoms with Crippen molar-refractivity contribution < 1.29 is 13.2 Å². The molecule has 0 N–H and O–H groups in total. The van der Waals surface area contributed by atoms with E-state index in [1.807, 2.05) is 24.3 Å². The number of hydrogen-bond donors (Lipinski definition) is 0. The standard InChI is InChI=1S/C21H22ClN3O3S2/c1-28-19-7-5-16(6-8-19)21-23-18(15-29-21)14-24-9-11-25(12-10-24)30(26,27)20-4-2-3-17(22)13-20/h2-8,13,15H,9-12,14H2,1H3. The molecule has 1 aromatic heterocycles. The summed E-state index contributed by atoms with van der Waals surface area (Å²) in [4.78, 5) is 7.22. The van der Waals surface area contributed by atoms with Crippen molar-refractivity contribution >= 4 is 33.0 Å².